The average molecular weight is 312 g/mol. The maximum atomic E-state index is 12.0. The standard InChI is InChI=1S/C16H17O3P.Na.H/c1-10-9-11(2)15(16(17)20(18)19)12(3)14(10)13-7-5-4-6-8-13;;/h4-9,20H,1-3H3,(H,18,19);;. The van der Waals surface area contributed by atoms with Gasteiger partial charge in [-0.25, -0.2) is 0 Å². The molecule has 3 nitrogen and oxygen atoms in total. The summed E-state index contributed by atoms with van der Waals surface area (Å²) in [5.74, 6) is 0. The first-order valence-electron chi connectivity index (χ1n) is 6.37. The number of rotatable bonds is 3. The molecule has 0 saturated heterocycles. The summed E-state index contributed by atoms with van der Waals surface area (Å²) in [6, 6.07) is 11.6. The number of carbonyl (C=O) groups excluding carboxylic acids is 1. The van der Waals surface area contributed by atoms with Gasteiger partial charge in [-0.1, -0.05) is 36.4 Å². The molecule has 2 rings (SSSR count). The van der Waals surface area contributed by atoms with Crippen LogP contribution in [0.4, 0.5) is 0 Å². The zero-order valence-electron chi connectivity index (χ0n) is 11.7. The second-order valence-electron chi connectivity index (χ2n) is 4.89. The van der Waals surface area contributed by atoms with Crippen LogP contribution >= 0.6 is 8.03 Å². The molecule has 106 valence electrons. The van der Waals surface area contributed by atoms with E-state index in [1.54, 1.807) is 6.92 Å². The van der Waals surface area contributed by atoms with Crippen LogP contribution in [0.3, 0.4) is 0 Å². The molecule has 5 heteroatoms. The van der Waals surface area contributed by atoms with Gasteiger partial charge < -0.3 is 4.89 Å². The number of benzene rings is 2. The van der Waals surface area contributed by atoms with Crippen molar-refractivity contribution in [2.45, 2.75) is 20.8 Å². The SMILES string of the molecule is Cc1cc(C)c(-c2ccccc2)c(C)c1C(=O)[PH](=O)O.[NaH]. The third-order valence-electron chi connectivity index (χ3n) is 3.46. The zero-order valence-corrected chi connectivity index (χ0v) is 12.7. The Kier molecular flexibility index (Phi) is 6.58. The van der Waals surface area contributed by atoms with Gasteiger partial charge in [-0.2, -0.15) is 0 Å². The van der Waals surface area contributed by atoms with Crippen molar-refractivity contribution < 1.29 is 14.3 Å². The molecule has 21 heavy (non-hydrogen) atoms. The summed E-state index contributed by atoms with van der Waals surface area (Å²) in [5, 5.41) is 0. The van der Waals surface area contributed by atoms with E-state index in [1.807, 2.05) is 50.2 Å². The summed E-state index contributed by atoms with van der Waals surface area (Å²) < 4.78 is 11.2. The van der Waals surface area contributed by atoms with E-state index in [4.69, 9.17) is 4.89 Å². The van der Waals surface area contributed by atoms with E-state index in [0.717, 1.165) is 27.8 Å². The van der Waals surface area contributed by atoms with Crippen LogP contribution in [0.1, 0.15) is 27.0 Å². The monoisotopic (exact) mass is 312 g/mol. The fraction of sp³-hybridized carbons (Fsp3) is 0.188. The molecule has 0 fully saturated rings. The number of hydrogen-bond acceptors (Lipinski definition) is 2. The van der Waals surface area contributed by atoms with Crippen LogP contribution < -0.4 is 0 Å². The van der Waals surface area contributed by atoms with Crippen molar-refractivity contribution in [2.24, 2.45) is 0 Å². The molecular weight excluding hydrogens is 294 g/mol. The van der Waals surface area contributed by atoms with E-state index < -0.39 is 13.6 Å². The van der Waals surface area contributed by atoms with Gasteiger partial charge in [-0.05, 0) is 48.6 Å². The Morgan fingerprint density at radius 3 is 2.14 bits per heavy atom. The molecule has 2 aromatic rings. The molecule has 0 aliphatic carbocycles. The fourth-order valence-electron chi connectivity index (χ4n) is 2.69. The van der Waals surface area contributed by atoms with Gasteiger partial charge in [0.1, 0.15) is 0 Å². The van der Waals surface area contributed by atoms with E-state index in [0.29, 0.717) is 5.56 Å². The molecule has 1 atom stereocenters. The third-order valence-corrected chi connectivity index (χ3v) is 4.09. The van der Waals surface area contributed by atoms with Gasteiger partial charge in [0.15, 0.2) is 0 Å². The number of hydrogen-bond donors (Lipinski definition) is 1. The van der Waals surface area contributed by atoms with Gasteiger partial charge in [0.25, 0.3) is 8.03 Å². The summed E-state index contributed by atoms with van der Waals surface area (Å²) in [6.45, 7) is 5.62. The second-order valence-corrected chi connectivity index (χ2v) is 5.95. The summed E-state index contributed by atoms with van der Waals surface area (Å²) in [5.41, 5.74) is 4.25. The van der Waals surface area contributed by atoms with Gasteiger partial charge in [0.2, 0.25) is 5.52 Å². The summed E-state index contributed by atoms with van der Waals surface area (Å²) >= 11 is 0. The molecule has 1 N–H and O–H groups in total. The Morgan fingerprint density at radius 2 is 1.62 bits per heavy atom. The Balaban J connectivity index is 0.00000220. The Morgan fingerprint density at radius 1 is 1.05 bits per heavy atom. The molecule has 0 amide bonds. The van der Waals surface area contributed by atoms with Crippen LogP contribution in [-0.2, 0) is 4.57 Å². The molecular formula is C16H18NaO3P. The Labute approximate surface area is 147 Å². The van der Waals surface area contributed by atoms with Crippen LogP contribution in [0, 0.1) is 20.8 Å². The van der Waals surface area contributed by atoms with Gasteiger partial charge in [-0.3, -0.25) is 9.36 Å². The van der Waals surface area contributed by atoms with Crippen molar-refractivity contribution in [1.29, 1.82) is 0 Å². The molecule has 1 unspecified atom stereocenters. The van der Waals surface area contributed by atoms with E-state index in [-0.39, 0.29) is 29.6 Å². The molecule has 2 aromatic carbocycles. The minimum absolute atomic E-state index is 0. The van der Waals surface area contributed by atoms with Gasteiger partial charge in [-0.15, -0.1) is 0 Å². The molecule has 0 heterocycles. The summed E-state index contributed by atoms with van der Waals surface area (Å²) in [7, 11) is -3.21. The molecule has 0 aliphatic rings. The predicted octanol–water partition coefficient (Wildman–Crippen LogP) is 3.24. The second kappa shape index (κ2) is 7.53. The van der Waals surface area contributed by atoms with Gasteiger partial charge in [0.05, 0.1) is 0 Å². The van der Waals surface area contributed by atoms with Crippen molar-refractivity contribution in [1.82, 2.24) is 0 Å². The van der Waals surface area contributed by atoms with Crippen LogP contribution in [-0.4, -0.2) is 40.0 Å². The quantitative estimate of drug-likeness (QED) is 0.699. The van der Waals surface area contributed by atoms with Crippen LogP contribution in [0.25, 0.3) is 11.1 Å². The normalized spacial score (nSPS) is 11.6. The minimum atomic E-state index is -3.21. The van der Waals surface area contributed by atoms with Gasteiger partial charge >= 0.3 is 29.6 Å². The van der Waals surface area contributed by atoms with E-state index >= 15 is 0 Å². The number of carbonyl (C=O) groups is 1. The molecule has 0 aliphatic heterocycles. The van der Waals surface area contributed by atoms with E-state index in [1.165, 1.54) is 0 Å². The summed E-state index contributed by atoms with van der Waals surface area (Å²) in [4.78, 5) is 21.1. The predicted molar refractivity (Wildman–Crippen MR) is 88.8 cm³/mol. The Hall–Kier alpha value is -0.700. The van der Waals surface area contributed by atoms with Crippen molar-refractivity contribution in [3.8, 4) is 11.1 Å². The molecule has 0 aromatic heterocycles. The molecule has 0 saturated carbocycles. The van der Waals surface area contributed by atoms with E-state index in [2.05, 4.69) is 0 Å². The van der Waals surface area contributed by atoms with Crippen molar-refractivity contribution in [2.75, 3.05) is 0 Å². The molecule has 0 spiro atoms. The number of aryl methyl sites for hydroxylation is 2. The zero-order chi connectivity index (χ0) is 14.9. The Bertz CT molecular complexity index is 696. The molecule has 0 radical (unpaired) electrons. The van der Waals surface area contributed by atoms with Gasteiger partial charge in [0, 0.05) is 5.56 Å². The van der Waals surface area contributed by atoms with Crippen LogP contribution in [0.5, 0.6) is 0 Å². The average Bonchev–Trinajstić information content (AvgIpc) is 2.39. The topological polar surface area (TPSA) is 54.4 Å². The van der Waals surface area contributed by atoms with Crippen molar-refractivity contribution in [3.05, 3.63) is 58.7 Å². The first kappa shape index (κ1) is 18.3. The van der Waals surface area contributed by atoms with Crippen molar-refractivity contribution >= 4 is 43.1 Å². The summed E-state index contributed by atoms with van der Waals surface area (Å²) in [6.07, 6.45) is 0. The van der Waals surface area contributed by atoms with Crippen LogP contribution in [0.15, 0.2) is 36.4 Å². The van der Waals surface area contributed by atoms with Crippen molar-refractivity contribution in [3.63, 3.8) is 0 Å². The van der Waals surface area contributed by atoms with Crippen LogP contribution in [0.2, 0.25) is 0 Å². The van der Waals surface area contributed by atoms with E-state index in [9.17, 15) is 9.36 Å². The fourth-order valence-corrected chi connectivity index (χ4v) is 3.29. The first-order valence-corrected chi connectivity index (χ1v) is 7.73. The third kappa shape index (κ3) is 3.74. The maximum absolute atomic E-state index is 12.0. The molecule has 0 bridgehead atoms. The first-order chi connectivity index (χ1) is 9.43.